The number of hydrogen-bond donors (Lipinski definition) is 0. The Morgan fingerprint density at radius 2 is 1.58 bits per heavy atom. The van der Waals surface area contributed by atoms with E-state index in [1.807, 2.05) is 11.9 Å². The third-order valence-corrected chi connectivity index (χ3v) is 5.34. The summed E-state index contributed by atoms with van der Waals surface area (Å²) >= 11 is 0. The molecular weight excluding hydrogens is 236 g/mol. The van der Waals surface area contributed by atoms with Gasteiger partial charge in [0, 0.05) is 26.1 Å². The van der Waals surface area contributed by atoms with Crippen molar-refractivity contribution in [2.75, 3.05) is 13.6 Å². The lowest BCUT2D eigenvalue weighted by Crippen LogP contribution is -2.40. The van der Waals surface area contributed by atoms with E-state index in [4.69, 9.17) is 5.73 Å². The Bertz CT molecular complexity index is 278. The van der Waals surface area contributed by atoms with Crippen molar-refractivity contribution < 1.29 is 4.79 Å². The van der Waals surface area contributed by atoms with Crippen LogP contribution in [0, 0.1) is 11.8 Å². The van der Waals surface area contributed by atoms with Crippen LogP contribution in [0.3, 0.4) is 0 Å². The number of nitrogens with one attached hydrogen (secondary N) is 1. The molecular formula is C16H29N2O. The van der Waals surface area contributed by atoms with Gasteiger partial charge in [0.05, 0.1) is 0 Å². The summed E-state index contributed by atoms with van der Waals surface area (Å²) in [5, 5.41) is 0. The van der Waals surface area contributed by atoms with Gasteiger partial charge in [-0.1, -0.05) is 32.1 Å². The molecule has 2 saturated carbocycles. The first kappa shape index (κ1) is 14.8. The Labute approximate surface area is 117 Å². The van der Waals surface area contributed by atoms with Crippen LogP contribution >= 0.6 is 0 Å². The van der Waals surface area contributed by atoms with Crippen molar-refractivity contribution in [2.45, 2.75) is 70.3 Å². The predicted molar refractivity (Wildman–Crippen MR) is 77.7 cm³/mol. The van der Waals surface area contributed by atoms with E-state index < -0.39 is 0 Å². The van der Waals surface area contributed by atoms with Crippen molar-refractivity contribution in [1.29, 1.82) is 0 Å². The lowest BCUT2D eigenvalue weighted by atomic mass is 9.72. The molecule has 109 valence electrons. The highest BCUT2D eigenvalue weighted by molar-refractivity contribution is 5.76. The van der Waals surface area contributed by atoms with Crippen molar-refractivity contribution >= 4 is 5.91 Å². The topological polar surface area (TPSA) is 44.1 Å². The number of hydrogen-bond acceptors (Lipinski definition) is 1. The summed E-state index contributed by atoms with van der Waals surface area (Å²) in [6, 6.07) is 0.443. The third kappa shape index (κ3) is 3.95. The van der Waals surface area contributed by atoms with E-state index in [1.54, 1.807) is 0 Å². The minimum Gasteiger partial charge on any atom is -0.343 e. The zero-order valence-electron chi connectivity index (χ0n) is 12.4. The standard InChI is InChI=1S/C16H29N2O/c1-18(16(19)11-12-17)15-9-7-14(8-10-15)13-5-3-2-4-6-13/h13-15,17H,2-12H2,1H3. The average molecular weight is 265 g/mol. The van der Waals surface area contributed by atoms with Crippen LogP contribution < -0.4 is 5.73 Å². The lowest BCUT2D eigenvalue weighted by Gasteiger charge is -2.39. The molecule has 0 aromatic heterocycles. The number of nitrogens with zero attached hydrogens (tertiary/aromatic N) is 1. The maximum absolute atomic E-state index is 11.8. The predicted octanol–water partition coefficient (Wildman–Crippen LogP) is 3.26. The van der Waals surface area contributed by atoms with Crippen molar-refractivity contribution in [1.82, 2.24) is 10.6 Å². The molecule has 0 saturated heterocycles. The summed E-state index contributed by atoms with van der Waals surface area (Å²) in [7, 11) is 1.93. The number of amides is 1. The average Bonchev–Trinajstić information content (AvgIpc) is 2.48. The van der Waals surface area contributed by atoms with Gasteiger partial charge in [0.1, 0.15) is 0 Å². The maximum Gasteiger partial charge on any atom is 0.223 e. The van der Waals surface area contributed by atoms with Gasteiger partial charge in [0.2, 0.25) is 5.91 Å². The maximum atomic E-state index is 11.8. The fourth-order valence-corrected chi connectivity index (χ4v) is 4.05. The van der Waals surface area contributed by atoms with E-state index in [9.17, 15) is 4.79 Å². The quantitative estimate of drug-likeness (QED) is 0.769. The first-order chi connectivity index (χ1) is 9.22. The Balaban J connectivity index is 1.76. The molecule has 0 spiro atoms. The van der Waals surface area contributed by atoms with Crippen molar-refractivity contribution in [3.05, 3.63) is 0 Å². The Kier molecular flexibility index (Phi) is 5.68. The smallest absolute Gasteiger partial charge is 0.223 e. The second-order valence-corrected chi connectivity index (χ2v) is 6.47. The molecule has 2 fully saturated rings. The Hall–Kier alpha value is -0.570. The van der Waals surface area contributed by atoms with Crippen LogP contribution in [0.15, 0.2) is 0 Å². The Morgan fingerprint density at radius 3 is 2.16 bits per heavy atom. The van der Waals surface area contributed by atoms with E-state index in [1.165, 1.54) is 57.8 Å². The monoisotopic (exact) mass is 265 g/mol. The van der Waals surface area contributed by atoms with Gasteiger partial charge in [0.15, 0.2) is 0 Å². The van der Waals surface area contributed by atoms with Gasteiger partial charge >= 0.3 is 0 Å². The lowest BCUT2D eigenvalue weighted by molar-refractivity contribution is -0.132. The molecule has 0 aliphatic heterocycles. The minimum atomic E-state index is 0.163. The molecule has 1 radical (unpaired) electrons. The number of carbonyl (C=O) groups is 1. The fourth-order valence-electron chi connectivity index (χ4n) is 4.05. The molecule has 0 aromatic carbocycles. The van der Waals surface area contributed by atoms with Crippen LogP contribution in [0.4, 0.5) is 0 Å². The number of rotatable bonds is 4. The normalized spacial score (nSPS) is 29.2. The molecule has 1 amide bonds. The highest BCUT2D eigenvalue weighted by Crippen LogP contribution is 2.39. The highest BCUT2D eigenvalue weighted by Gasteiger charge is 2.30. The first-order valence-electron chi connectivity index (χ1n) is 8.12. The zero-order chi connectivity index (χ0) is 13.7. The van der Waals surface area contributed by atoms with Crippen LogP contribution in [0.1, 0.15) is 64.2 Å². The molecule has 0 bridgehead atoms. The molecule has 2 rings (SSSR count). The van der Waals surface area contributed by atoms with Crippen molar-refractivity contribution in [2.24, 2.45) is 11.8 Å². The van der Waals surface area contributed by atoms with Crippen molar-refractivity contribution in [3.63, 3.8) is 0 Å². The van der Waals surface area contributed by atoms with E-state index in [2.05, 4.69) is 0 Å². The molecule has 0 heterocycles. The van der Waals surface area contributed by atoms with Crippen LogP contribution in [0.2, 0.25) is 0 Å². The molecule has 19 heavy (non-hydrogen) atoms. The van der Waals surface area contributed by atoms with E-state index in [0.717, 1.165) is 11.8 Å². The summed E-state index contributed by atoms with van der Waals surface area (Å²) < 4.78 is 0. The molecule has 3 nitrogen and oxygen atoms in total. The second kappa shape index (κ2) is 7.28. The summed E-state index contributed by atoms with van der Waals surface area (Å²) in [5.74, 6) is 2.07. The van der Waals surface area contributed by atoms with Gasteiger partial charge in [-0.05, 0) is 37.5 Å². The molecule has 1 N–H and O–H groups in total. The fraction of sp³-hybridized carbons (Fsp3) is 0.938. The summed E-state index contributed by atoms with van der Waals surface area (Å²) in [5.41, 5.74) is 7.16. The van der Waals surface area contributed by atoms with Crippen LogP contribution in [0.5, 0.6) is 0 Å². The SMILES string of the molecule is CN(C(=O)CC[NH])C1CCC(C2CCCCC2)CC1. The van der Waals surface area contributed by atoms with Gasteiger partial charge in [-0.3, -0.25) is 10.5 Å². The van der Waals surface area contributed by atoms with E-state index >= 15 is 0 Å². The highest BCUT2D eigenvalue weighted by atomic mass is 16.2. The van der Waals surface area contributed by atoms with Crippen LogP contribution in [-0.4, -0.2) is 30.4 Å². The van der Waals surface area contributed by atoms with Gasteiger partial charge < -0.3 is 4.90 Å². The summed E-state index contributed by atoms with van der Waals surface area (Å²) in [6.07, 6.45) is 12.6. The third-order valence-electron chi connectivity index (χ3n) is 5.34. The van der Waals surface area contributed by atoms with Crippen LogP contribution in [-0.2, 0) is 4.79 Å². The zero-order valence-corrected chi connectivity index (χ0v) is 12.4. The molecule has 0 unspecified atom stereocenters. The molecule has 2 aliphatic rings. The minimum absolute atomic E-state index is 0.163. The van der Waals surface area contributed by atoms with Gasteiger partial charge in [-0.15, -0.1) is 0 Å². The van der Waals surface area contributed by atoms with Gasteiger partial charge in [0.25, 0.3) is 0 Å². The van der Waals surface area contributed by atoms with Crippen LogP contribution in [0.25, 0.3) is 0 Å². The summed E-state index contributed by atoms with van der Waals surface area (Å²) in [4.78, 5) is 13.8. The van der Waals surface area contributed by atoms with E-state index in [0.29, 0.717) is 12.5 Å². The molecule has 3 heteroatoms. The second-order valence-electron chi connectivity index (χ2n) is 6.47. The molecule has 0 aromatic rings. The molecule has 0 atom stereocenters. The Morgan fingerprint density at radius 1 is 1.00 bits per heavy atom. The first-order valence-corrected chi connectivity index (χ1v) is 8.12. The largest absolute Gasteiger partial charge is 0.343 e. The number of carbonyl (C=O) groups excluding carboxylic acids is 1. The van der Waals surface area contributed by atoms with E-state index in [-0.39, 0.29) is 12.5 Å². The summed E-state index contributed by atoms with van der Waals surface area (Å²) in [6.45, 7) is 0.223. The van der Waals surface area contributed by atoms with Gasteiger partial charge in [-0.2, -0.15) is 0 Å². The molecule has 2 aliphatic carbocycles. The van der Waals surface area contributed by atoms with Crippen molar-refractivity contribution in [3.8, 4) is 0 Å². The van der Waals surface area contributed by atoms with Gasteiger partial charge in [-0.25, -0.2) is 0 Å².